The number of phenols is 1. The molecule has 1 aromatic rings. The molecule has 1 rings (SSSR count). The molecule has 1 N–H and O–H groups in total. The maximum atomic E-state index is 10.6. The number of hydrogen-bond acceptors (Lipinski definition) is 3. The molecular weight excluding hydrogens is 166 g/mol. The Morgan fingerprint density at radius 3 is 2.85 bits per heavy atom. The fourth-order valence-corrected chi connectivity index (χ4v) is 0.846. The largest absolute Gasteiger partial charge is 0.506 e. The quantitative estimate of drug-likeness (QED) is 0.718. The van der Waals surface area contributed by atoms with Crippen molar-refractivity contribution in [2.24, 2.45) is 4.99 Å². The zero-order chi connectivity index (χ0) is 9.68. The van der Waals surface area contributed by atoms with E-state index in [2.05, 4.69) is 4.99 Å². The molecule has 0 fully saturated rings. The molecule has 0 amide bonds. The van der Waals surface area contributed by atoms with Crippen LogP contribution < -0.4 is 0 Å². The summed E-state index contributed by atoms with van der Waals surface area (Å²) in [5.41, 5.74) is 0.490. The van der Waals surface area contributed by atoms with Crippen LogP contribution in [0.5, 0.6) is 5.75 Å². The Bertz CT molecular complexity index is 331. The lowest BCUT2D eigenvalue weighted by molar-refractivity contribution is -0.115. The molecule has 0 aliphatic heterocycles. The lowest BCUT2D eigenvalue weighted by Crippen LogP contribution is -1.88. The first-order chi connectivity index (χ1) is 6.20. The highest BCUT2D eigenvalue weighted by Crippen LogP contribution is 2.24. The Labute approximate surface area is 76.7 Å². The highest BCUT2D eigenvalue weighted by atomic mass is 16.3. The van der Waals surface area contributed by atoms with Crippen molar-refractivity contribution in [2.45, 2.75) is 13.3 Å². The Balaban J connectivity index is 2.68. The molecule has 0 radical (unpaired) electrons. The van der Waals surface area contributed by atoms with Crippen LogP contribution in [0.3, 0.4) is 0 Å². The number of para-hydroxylation sites is 2. The number of nitrogens with zero attached hydrogens (tertiary/aromatic N) is 1. The molecular formula is C10H11NO2. The molecule has 0 atom stereocenters. The number of aliphatic imine (C=N–C) groups is 1. The number of rotatable bonds is 3. The molecule has 13 heavy (non-hydrogen) atoms. The normalized spacial score (nSPS) is 10.5. The van der Waals surface area contributed by atoms with Crippen molar-refractivity contribution in [2.75, 3.05) is 0 Å². The van der Waals surface area contributed by atoms with Crippen LogP contribution in [0.25, 0.3) is 0 Å². The van der Waals surface area contributed by atoms with Crippen molar-refractivity contribution in [3.63, 3.8) is 0 Å². The Morgan fingerprint density at radius 2 is 2.23 bits per heavy atom. The summed E-state index contributed by atoms with van der Waals surface area (Å²) in [6.07, 6.45) is 1.80. The van der Waals surface area contributed by atoms with E-state index >= 15 is 0 Å². The second kappa shape index (κ2) is 4.40. The van der Waals surface area contributed by atoms with Gasteiger partial charge in [0.1, 0.15) is 17.2 Å². The zero-order valence-electron chi connectivity index (χ0n) is 7.40. The van der Waals surface area contributed by atoms with Crippen LogP contribution in [-0.2, 0) is 4.79 Å². The van der Waals surface area contributed by atoms with Crippen LogP contribution in [0.15, 0.2) is 29.3 Å². The highest BCUT2D eigenvalue weighted by molar-refractivity contribution is 5.90. The van der Waals surface area contributed by atoms with Gasteiger partial charge in [-0.25, -0.2) is 0 Å². The van der Waals surface area contributed by atoms with Gasteiger partial charge in [-0.05, 0) is 19.1 Å². The molecule has 3 heteroatoms. The van der Waals surface area contributed by atoms with Crippen LogP contribution in [-0.4, -0.2) is 17.1 Å². The van der Waals surface area contributed by atoms with Crippen molar-refractivity contribution < 1.29 is 9.90 Å². The van der Waals surface area contributed by atoms with Crippen molar-refractivity contribution in [3.8, 4) is 5.75 Å². The first kappa shape index (κ1) is 9.45. The van der Waals surface area contributed by atoms with Crippen molar-refractivity contribution >= 4 is 17.7 Å². The SMILES string of the molecule is CC(=O)CC=Nc1ccccc1O. The second-order valence-corrected chi connectivity index (χ2v) is 2.71. The summed E-state index contributed by atoms with van der Waals surface area (Å²) in [6.45, 7) is 1.50. The van der Waals surface area contributed by atoms with E-state index in [1.54, 1.807) is 24.3 Å². The first-order valence-electron chi connectivity index (χ1n) is 4.00. The monoisotopic (exact) mass is 177 g/mol. The molecule has 0 spiro atoms. The maximum Gasteiger partial charge on any atom is 0.141 e. The number of carbonyl (C=O) groups excluding carboxylic acids is 1. The van der Waals surface area contributed by atoms with Gasteiger partial charge in [0.15, 0.2) is 0 Å². The third kappa shape index (κ3) is 3.07. The molecule has 0 aliphatic rings. The summed E-state index contributed by atoms with van der Waals surface area (Å²) in [5, 5.41) is 9.28. The van der Waals surface area contributed by atoms with E-state index in [9.17, 15) is 9.90 Å². The molecule has 68 valence electrons. The van der Waals surface area contributed by atoms with Crippen molar-refractivity contribution in [1.82, 2.24) is 0 Å². The van der Waals surface area contributed by atoms with Gasteiger partial charge >= 0.3 is 0 Å². The van der Waals surface area contributed by atoms with Gasteiger partial charge in [-0.1, -0.05) is 12.1 Å². The van der Waals surface area contributed by atoms with Gasteiger partial charge in [0.25, 0.3) is 0 Å². The zero-order valence-corrected chi connectivity index (χ0v) is 7.40. The Hall–Kier alpha value is -1.64. The molecule has 0 saturated heterocycles. The third-order valence-electron chi connectivity index (χ3n) is 1.49. The molecule has 0 bridgehead atoms. The fraction of sp³-hybridized carbons (Fsp3) is 0.200. The van der Waals surface area contributed by atoms with E-state index in [4.69, 9.17) is 0 Å². The summed E-state index contributed by atoms with van der Waals surface area (Å²) >= 11 is 0. The van der Waals surface area contributed by atoms with Crippen LogP contribution in [0.4, 0.5) is 5.69 Å². The number of Topliss-reactive ketones (excluding diaryl/α,β-unsaturated/α-hetero) is 1. The van der Waals surface area contributed by atoms with E-state index in [-0.39, 0.29) is 11.5 Å². The molecule has 3 nitrogen and oxygen atoms in total. The number of hydrogen-bond donors (Lipinski definition) is 1. The van der Waals surface area contributed by atoms with Crippen molar-refractivity contribution in [3.05, 3.63) is 24.3 Å². The van der Waals surface area contributed by atoms with Gasteiger partial charge in [0, 0.05) is 12.6 Å². The third-order valence-corrected chi connectivity index (χ3v) is 1.49. The van der Waals surface area contributed by atoms with Gasteiger partial charge in [0.2, 0.25) is 0 Å². The van der Waals surface area contributed by atoms with Gasteiger partial charge in [-0.2, -0.15) is 0 Å². The number of aromatic hydroxyl groups is 1. The Kier molecular flexibility index (Phi) is 3.20. The van der Waals surface area contributed by atoms with E-state index < -0.39 is 0 Å². The minimum Gasteiger partial charge on any atom is -0.506 e. The predicted molar refractivity (Wildman–Crippen MR) is 51.6 cm³/mol. The number of ketones is 1. The van der Waals surface area contributed by atoms with E-state index in [0.29, 0.717) is 12.1 Å². The lowest BCUT2D eigenvalue weighted by Gasteiger charge is -1.95. The van der Waals surface area contributed by atoms with E-state index in [0.717, 1.165) is 0 Å². The highest BCUT2D eigenvalue weighted by Gasteiger charge is 1.94. The van der Waals surface area contributed by atoms with Gasteiger partial charge < -0.3 is 5.11 Å². The number of phenolic OH excluding ortho intramolecular Hbond substituents is 1. The summed E-state index contributed by atoms with van der Waals surface area (Å²) in [7, 11) is 0. The predicted octanol–water partition coefficient (Wildman–Crippen LogP) is 2.07. The molecule has 0 unspecified atom stereocenters. The summed E-state index contributed by atoms with van der Waals surface area (Å²) in [4.78, 5) is 14.5. The minimum absolute atomic E-state index is 0.0548. The van der Waals surface area contributed by atoms with Crippen LogP contribution >= 0.6 is 0 Å². The Morgan fingerprint density at radius 1 is 1.54 bits per heavy atom. The number of carbonyl (C=O) groups is 1. The van der Waals surface area contributed by atoms with Gasteiger partial charge in [0.05, 0.1) is 0 Å². The summed E-state index contributed by atoms with van der Waals surface area (Å²) in [5.74, 6) is 0.182. The lowest BCUT2D eigenvalue weighted by atomic mass is 10.3. The van der Waals surface area contributed by atoms with Crippen LogP contribution in [0.1, 0.15) is 13.3 Å². The molecule has 1 aromatic carbocycles. The minimum atomic E-state index is 0.0548. The summed E-state index contributed by atoms with van der Waals surface area (Å²) < 4.78 is 0. The van der Waals surface area contributed by atoms with E-state index in [1.807, 2.05) is 0 Å². The molecule has 0 saturated carbocycles. The van der Waals surface area contributed by atoms with Crippen LogP contribution in [0, 0.1) is 0 Å². The summed E-state index contributed by atoms with van der Waals surface area (Å²) in [6, 6.07) is 6.74. The average Bonchev–Trinajstić information content (AvgIpc) is 2.08. The van der Waals surface area contributed by atoms with Crippen molar-refractivity contribution in [1.29, 1.82) is 0 Å². The fourth-order valence-electron chi connectivity index (χ4n) is 0.846. The maximum absolute atomic E-state index is 10.6. The van der Waals surface area contributed by atoms with E-state index in [1.165, 1.54) is 13.1 Å². The standard InChI is InChI=1S/C10H11NO2/c1-8(12)6-7-11-9-4-2-3-5-10(9)13/h2-5,7,13H,6H2,1H3. The average molecular weight is 177 g/mol. The van der Waals surface area contributed by atoms with Gasteiger partial charge in [-0.15, -0.1) is 0 Å². The molecule has 0 aliphatic carbocycles. The molecule has 0 aromatic heterocycles. The van der Waals surface area contributed by atoms with Crippen LogP contribution in [0.2, 0.25) is 0 Å². The number of benzene rings is 1. The smallest absolute Gasteiger partial charge is 0.141 e. The molecule has 0 heterocycles. The topological polar surface area (TPSA) is 49.7 Å². The van der Waals surface area contributed by atoms with Gasteiger partial charge in [-0.3, -0.25) is 9.79 Å². The second-order valence-electron chi connectivity index (χ2n) is 2.71. The first-order valence-corrected chi connectivity index (χ1v) is 4.00.